The quantitative estimate of drug-likeness (QED) is 0.106. The molecule has 2 N–H and O–H groups in total. The molecule has 0 aliphatic carbocycles. The molecule has 188 valence electrons. The van der Waals surface area contributed by atoms with Crippen LogP contribution < -0.4 is 5.32 Å². The Labute approximate surface area is 216 Å². The van der Waals surface area contributed by atoms with Gasteiger partial charge >= 0.3 is 0 Å². The van der Waals surface area contributed by atoms with E-state index in [4.69, 9.17) is 0 Å². The van der Waals surface area contributed by atoms with Crippen LogP contribution >= 0.6 is 35.7 Å². The van der Waals surface area contributed by atoms with E-state index in [0.29, 0.717) is 0 Å². The minimum Gasteiger partial charge on any atom is -0.392 e. The molecule has 0 saturated carbocycles. The second kappa shape index (κ2) is 25.6. The highest BCUT2D eigenvalue weighted by Crippen LogP contribution is 2.15. The van der Waals surface area contributed by atoms with E-state index in [1.54, 1.807) is 0 Å². The average Bonchev–Trinajstić information content (AvgIpc) is 2.77. The molecule has 3 nitrogen and oxygen atoms in total. The van der Waals surface area contributed by atoms with Crippen LogP contribution in [0.25, 0.3) is 0 Å². The molecule has 0 spiro atoms. The van der Waals surface area contributed by atoms with Crippen molar-refractivity contribution in [2.45, 2.75) is 122 Å². The Balaban J connectivity index is 0.00000900. The van der Waals surface area contributed by atoms with E-state index in [-0.39, 0.29) is 30.1 Å². The molecule has 1 fully saturated rings. The summed E-state index contributed by atoms with van der Waals surface area (Å²) >= 11 is 1.95. The first-order valence-corrected chi connectivity index (χ1v) is 14.7. The number of piperazine rings is 1. The Morgan fingerprint density at radius 2 is 1.19 bits per heavy atom. The van der Waals surface area contributed by atoms with E-state index in [0.717, 1.165) is 44.9 Å². The van der Waals surface area contributed by atoms with Gasteiger partial charge in [-0.1, -0.05) is 103 Å². The third-order valence-electron chi connectivity index (χ3n) is 6.44. The molecule has 0 aromatic rings. The first-order valence-electron chi connectivity index (χ1n) is 13.5. The van der Waals surface area contributed by atoms with Gasteiger partial charge in [-0.3, -0.25) is 0 Å². The highest BCUT2D eigenvalue weighted by molar-refractivity contribution is 14.0. The van der Waals surface area contributed by atoms with E-state index < -0.39 is 0 Å². The van der Waals surface area contributed by atoms with Crippen LogP contribution in [-0.2, 0) is 0 Å². The largest absolute Gasteiger partial charge is 0.392 e. The molecule has 1 heterocycles. The summed E-state index contributed by atoms with van der Waals surface area (Å²) in [4.78, 5) is 2.47. The van der Waals surface area contributed by atoms with Crippen LogP contribution in [0.4, 0.5) is 0 Å². The molecule has 0 amide bonds. The third kappa shape index (κ3) is 22.5. The van der Waals surface area contributed by atoms with Crippen molar-refractivity contribution in [1.29, 1.82) is 0 Å². The number of unbranched alkanes of at least 4 members (excludes halogenated alkanes) is 15. The van der Waals surface area contributed by atoms with Gasteiger partial charge < -0.3 is 15.3 Å². The normalized spacial score (nSPS) is 15.7. The van der Waals surface area contributed by atoms with Gasteiger partial charge in [0, 0.05) is 38.5 Å². The van der Waals surface area contributed by atoms with Crippen LogP contribution in [0.15, 0.2) is 0 Å². The number of hydrogen-bond donors (Lipinski definition) is 2. The molecule has 0 aromatic carbocycles. The lowest BCUT2D eigenvalue weighted by molar-refractivity contribution is 0.153. The molecule has 5 heteroatoms. The molecule has 31 heavy (non-hydrogen) atoms. The maximum Gasteiger partial charge on any atom is 0.0642 e. The molecule has 0 bridgehead atoms. The van der Waals surface area contributed by atoms with Gasteiger partial charge in [0.15, 0.2) is 0 Å². The van der Waals surface area contributed by atoms with Gasteiger partial charge in [-0.15, -0.1) is 24.0 Å². The number of aliphatic hydroxyl groups is 1. The van der Waals surface area contributed by atoms with E-state index in [9.17, 15) is 5.11 Å². The lowest BCUT2D eigenvalue weighted by Crippen LogP contribution is -2.44. The monoisotopic (exact) mass is 570 g/mol. The number of nitrogens with zero attached hydrogens (tertiary/aromatic N) is 1. The van der Waals surface area contributed by atoms with E-state index in [1.165, 1.54) is 108 Å². The summed E-state index contributed by atoms with van der Waals surface area (Å²) in [7, 11) is 0. The number of nitrogens with one attached hydrogen (secondary N) is 1. The van der Waals surface area contributed by atoms with E-state index >= 15 is 0 Å². The van der Waals surface area contributed by atoms with Crippen molar-refractivity contribution in [3.05, 3.63) is 0 Å². The summed E-state index contributed by atoms with van der Waals surface area (Å²) in [5.74, 6) is 2.15. The zero-order chi connectivity index (χ0) is 21.5. The zero-order valence-corrected chi connectivity index (χ0v) is 23.9. The van der Waals surface area contributed by atoms with Crippen molar-refractivity contribution in [3.8, 4) is 0 Å². The second-order valence-electron chi connectivity index (χ2n) is 9.41. The van der Waals surface area contributed by atoms with Gasteiger partial charge in [0.1, 0.15) is 0 Å². The zero-order valence-electron chi connectivity index (χ0n) is 20.8. The van der Waals surface area contributed by atoms with Crippen LogP contribution in [0.1, 0.15) is 116 Å². The molecule has 1 rings (SSSR count). The highest BCUT2D eigenvalue weighted by atomic mass is 127. The van der Waals surface area contributed by atoms with Crippen LogP contribution in [0, 0.1) is 0 Å². The molecule has 0 aromatic heterocycles. The van der Waals surface area contributed by atoms with Crippen LogP contribution in [0.3, 0.4) is 0 Å². The van der Waals surface area contributed by atoms with Gasteiger partial charge in [-0.05, 0) is 18.6 Å². The summed E-state index contributed by atoms with van der Waals surface area (Å²) in [6.45, 7) is 7.83. The number of rotatable bonds is 22. The van der Waals surface area contributed by atoms with Crippen LogP contribution in [0.5, 0.6) is 0 Å². The number of aliphatic hydroxyl groups excluding tert-OH is 1. The molecular formula is C26H55IN2OS. The summed E-state index contributed by atoms with van der Waals surface area (Å²) < 4.78 is 0. The van der Waals surface area contributed by atoms with Gasteiger partial charge in [0.25, 0.3) is 0 Å². The van der Waals surface area contributed by atoms with Crippen molar-refractivity contribution in [1.82, 2.24) is 10.2 Å². The molecule has 1 aliphatic heterocycles. The molecule has 1 unspecified atom stereocenters. The number of halogens is 1. The predicted molar refractivity (Wildman–Crippen MR) is 152 cm³/mol. The number of hydrogen-bond acceptors (Lipinski definition) is 4. The van der Waals surface area contributed by atoms with Crippen molar-refractivity contribution >= 4 is 35.7 Å². The fraction of sp³-hybridized carbons (Fsp3) is 1.00. The molecule has 1 aliphatic rings. The van der Waals surface area contributed by atoms with Crippen molar-refractivity contribution in [3.63, 3.8) is 0 Å². The van der Waals surface area contributed by atoms with Crippen molar-refractivity contribution < 1.29 is 5.11 Å². The summed E-state index contributed by atoms with van der Waals surface area (Å²) in [5.41, 5.74) is 0. The van der Waals surface area contributed by atoms with Gasteiger partial charge in [0.2, 0.25) is 0 Å². The Morgan fingerprint density at radius 3 is 1.68 bits per heavy atom. The topological polar surface area (TPSA) is 35.5 Å². The SMILES string of the molecule is CCCCCCCCCCCCCCCCCCSCC(O)CCN1CCNCC1.I. The fourth-order valence-corrected chi connectivity index (χ4v) is 5.33. The minimum absolute atomic E-state index is 0. The fourth-order valence-electron chi connectivity index (χ4n) is 4.32. The van der Waals surface area contributed by atoms with Crippen molar-refractivity contribution in [2.24, 2.45) is 0 Å². The molecule has 1 atom stereocenters. The summed E-state index contributed by atoms with van der Waals surface area (Å²) in [6, 6.07) is 0. The minimum atomic E-state index is -0.119. The highest BCUT2D eigenvalue weighted by Gasteiger charge is 2.11. The first kappa shape index (κ1) is 32.0. The Morgan fingerprint density at radius 1 is 0.742 bits per heavy atom. The summed E-state index contributed by atoms with van der Waals surface area (Å²) in [6.07, 6.45) is 23.7. The Hall–Kier alpha value is 0.960. The standard InChI is InChI=1S/C26H54N2OS.HI/c1-2-3-4-5-6-7-8-9-10-11-12-13-14-15-16-17-24-30-25-26(29)18-21-28-22-19-27-20-23-28;/h26-27,29H,2-25H2,1H3;1H. The van der Waals surface area contributed by atoms with E-state index in [1.807, 2.05) is 11.8 Å². The second-order valence-corrected chi connectivity index (χ2v) is 10.6. The van der Waals surface area contributed by atoms with Gasteiger partial charge in [0.05, 0.1) is 6.10 Å². The van der Waals surface area contributed by atoms with Gasteiger partial charge in [-0.25, -0.2) is 0 Å². The van der Waals surface area contributed by atoms with Crippen molar-refractivity contribution in [2.75, 3.05) is 44.2 Å². The molecule has 0 radical (unpaired) electrons. The first-order chi connectivity index (χ1) is 14.8. The van der Waals surface area contributed by atoms with Crippen LogP contribution in [0.2, 0.25) is 0 Å². The lowest BCUT2D eigenvalue weighted by Gasteiger charge is -2.27. The Bertz CT molecular complexity index is 343. The maximum atomic E-state index is 10.2. The Kier molecular flexibility index (Phi) is 26.4. The predicted octanol–water partition coefficient (Wildman–Crippen LogP) is 7.26. The average molecular weight is 571 g/mol. The van der Waals surface area contributed by atoms with E-state index in [2.05, 4.69) is 17.1 Å². The lowest BCUT2D eigenvalue weighted by atomic mass is 10.0. The summed E-state index contributed by atoms with van der Waals surface area (Å²) in [5, 5.41) is 13.5. The van der Waals surface area contributed by atoms with Crippen LogP contribution in [-0.4, -0.2) is 60.3 Å². The maximum absolute atomic E-state index is 10.2. The third-order valence-corrected chi connectivity index (χ3v) is 7.64. The molecular weight excluding hydrogens is 515 g/mol. The number of thioether (sulfide) groups is 1. The van der Waals surface area contributed by atoms with Gasteiger partial charge in [-0.2, -0.15) is 11.8 Å². The molecule has 1 saturated heterocycles. The smallest absolute Gasteiger partial charge is 0.0642 e.